The number of hydrogen-bond acceptors (Lipinski definition) is 4. The number of halogens is 1. The number of thiophene rings is 1. The molecule has 0 fully saturated rings. The second-order valence-electron chi connectivity index (χ2n) is 6.71. The van der Waals surface area contributed by atoms with Gasteiger partial charge in [-0.25, -0.2) is 5.01 Å². The first kappa shape index (κ1) is 18.0. The van der Waals surface area contributed by atoms with Crippen LogP contribution in [0, 0.1) is 0 Å². The molecule has 5 rings (SSSR count). The SMILES string of the molecule is Clc1ccc(N2C(c3ccccc3)=NN(c3ccccc3)[C@H]2c2cccs2)cc1. The number of hydrogen-bond donors (Lipinski definition) is 0. The Morgan fingerprint density at radius 3 is 2.07 bits per heavy atom. The predicted octanol–water partition coefficient (Wildman–Crippen LogP) is 6.79. The van der Waals surface area contributed by atoms with E-state index in [4.69, 9.17) is 16.7 Å². The lowest BCUT2D eigenvalue weighted by molar-refractivity contribution is 0.716. The first-order chi connectivity index (χ1) is 14.3. The summed E-state index contributed by atoms with van der Waals surface area (Å²) in [5, 5.41) is 10.0. The van der Waals surface area contributed by atoms with E-state index in [2.05, 4.69) is 63.8 Å². The van der Waals surface area contributed by atoms with Gasteiger partial charge in [0.1, 0.15) is 0 Å². The summed E-state index contributed by atoms with van der Waals surface area (Å²) in [6.45, 7) is 0. The van der Waals surface area contributed by atoms with Gasteiger partial charge in [0, 0.05) is 21.2 Å². The van der Waals surface area contributed by atoms with Gasteiger partial charge < -0.3 is 0 Å². The minimum atomic E-state index is -0.0752. The molecule has 0 bridgehead atoms. The van der Waals surface area contributed by atoms with Crippen LogP contribution >= 0.6 is 22.9 Å². The standard InChI is InChI=1S/C24H18ClN3S/c25-19-13-15-20(16-14-19)27-23(18-8-3-1-4-9-18)26-28(21-10-5-2-6-11-21)24(27)22-12-7-17-29-22/h1-17,24H/t24-/m0/s1. The Kier molecular flexibility index (Phi) is 4.80. The van der Waals surface area contributed by atoms with E-state index >= 15 is 0 Å². The van der Waals surface area contributed by atoms with Gasteiger partial charge in [0.05, 0.1) is 5.69 Å². The van der Waals surface area contributed by atoms with Crippen molar-refractivity contribution in [1.82, 2.24) is 0 Å². The van der Waals surface area contributed by atoms with Gasteiger partial charge in [-0.1, -0.05) is 66.2 Å². The van der Waals surface area contributed by atoms with E-state index in [0.29, 0.717) is 0 Å². The molecule has 0 N–H and O–H groups in total. The number of rotatable bonds is 4. The highest BCUT2D eigenvalue weighted by molar-refractivity contribution is 7.10. The average molecular weight is 416 g/mol. The molecule has 1 atom stereocenters. The summed E-state index contributed by atoms with van der Waals surface area (Å²) in [4.78, 5) is 3.50. The first-order valence-electron chi connectivity index (χ1n) is 9.38. The molecule has 29 heavy (non-hydrogen) atoms. The smallest absolute Gasteiger partial charge is 0.164 e. The highest BCUT2D eigenvalue weighted by Gasteiger charge is 2.38. The fourth-order valence-electron chi connectivity index (χ4n) is 3.54. The third kappa shape index (κ3) is 3.41. The van der Waals surface area contributed by atoms with Gasteiger partial charge in [0.15, 0.2) is 12.0 Å². The van der Waals surface area contributed by atoms with Crippen LogP contribution in [0.5, 0.6) is 0 Å². The molecule has 5 heteroatoms. The first-order valence-corrected chi connectivity index (χ1v) is 10.6. The zero-order valence-corrected chi connectivity index (χ0v) is 17.1. The Hall–Kier alpha value is -3.08. The summed E-state index contributed by atoms with van der Waals surface area (Å²) in [7, 11) is 0. The van der Waals surface area contributed by atoms with Crippen LogP contribution in [-0.2, 0) is 0 Å². The zero-order chi connectivity index (χ0) is 19.6. The number of para-hydroxylation sites is 1. The van der Waals surface area contributed by atoms with Crippen LogP contribution in [0.15, 0.2) is 108 Å². The van der Waals surface area contributed by atoms with Crippen LogP contribution in [0.3, 0.4) is 0 Å². The third-order valence-corrected chi connectivity index (χ3v) is 6.03. The summed E-state index contributed by atoms with van der Waals surface area (Å²) < 4.78 is 0. The number of nitrogens with zero attached hydrogens (tertiary/aromatic N) is 3. The van der Waals surface area contributed by atoms with Crippen LogP contribution in [0.2, 0.25) is 5.02 Å². The molecule has 0 radical (unpaired) electrons. The van der Waals surface area contributed by atoms with E-state index in [1.54, 1.807) is 11.3 Å². The summed E-state index contributed by atoms with van der Waals surface area (Å²) in [5.74, 6) is 0.912. The molecule has 142 valence electrons. The second kappa shape index (κ2) is 7.74. The van der Waals surface area contributed by atoms with Gasteiger partial charge in [0.25, 0.3) is 0 Å². The molecule has 1 aliphatic rings. The summed E-state index contributed by atoms with van der Waals surface area (Å²) in [6, 6.07) is 32.8. The van der Waals surface area contributed by atoms with Gasteiger partial charge >= 0.3 is 0 Å². The monoisotopic (exact) mass is 415 g/mol. The van der Waals surface area contributed by atoms with E-state index in [0.717, 1.165) is 27.8 Å². The number of anilines is 2. The molecular weight excluding hydrogens is 398 g/mol. The Labute approximate surface area is 179 Å². The van der Waals surface area contributed by atoms with Crippen LogP contribution in [0.1, 0.15) is 16.6 Å². The molecule has 3 nitrogen and oxygen atoms in total. The van der Waals surface area contributed by atoms with E-state index in [9.17, 15) is 0 Å². The lowest BCUT2D eigenvalue weighted by Crippen LogP contribution is -2.35. The van der Waals surface area contributed by atoms with Gasteiger partial charge in [-0.3, -0.25) is 4.90 Å². The topological polar surface area (TPSA) is 18.8 Å². The molecule has 1 aromatic heterocycles. The summed E-state index contributed by atoms with van der Waals surface area (Å²) in [6.07, 6.45) is -0.0752. The van der Waals surface area contributed by atoms with Crippen LogP contribution < -0.4 is 9.91 Å². The summed E-state index contributed by atoms with van der Waals surface area (Å²) in [5.41, 5.74) is 3.17. The van der Waals surface area contributed by atoms with Crippen LogP contribution in [0.25, 0.3) is 0 Å². The van der Waals surface area contributed by atoms with Gasteiger partial charge in [-0.05, 0) is 47.8 Å². The largest absolute Gasteiger partial charge is 0.297 e. The van der Waals surface area contributed by atoms with Crippen molar-refractivity contribution in [3.05, 3.63) is 118 Å². The number of hydrazone groups is 1. The Morgan fingerprint density at radius 2 is 1.41 bits per heavy atom. The molecule has 2 heterocycles. The van der Waals surface area contributed by atoms with E-state index in [-0.39, 0.29) is 6.17 Å². The Morgan fingerprint density at radius 1 is 0.724 bits per heavy atom. The van der Waals surface area contributed by atoms with E-state index in [1.165, 1.54) is 4.88 Å². The molecule has 0 amide bonds. The highest BCUT2D eigenvalue weighted by atomic mass is 35.5. The molecule has 0 spiro atoms. The predicted molar refractivity (Wildman–Crippen MR) is 123 cm³/mol. The van der Waals surface area contributed by atoms with Crippen LogP contribution in [0.4, 0.5) is 11.4 Å². The minimum Gasteiger partial charge on any atom is -0.297 e. The van der Waals surface area contributed by atoms with Crippen LogP contribution in [-0.4, -0.2) is 5.84 Å². The van der Waals surface area contributed by atoms with Crippen molar-refractivity contribution in [2.75, 3.05) is 9.91 Å². The lowest BCUT2D eigenvalue weighted by atomic mass is 10.1. The van der Waals surface area contributed by atoms with Crippen molar-refractivity contribution in [2.45, 2.75) is 6.17 Å². The molecule has 3 aromatic carbocycles. The molecule has 4 aromatic rings. The van der Waals surface area contributed by atoms with Crippen molar-refractivity contribution in [3.8, 4) is 0 Å². The maximum atomic E-state index is 6.18. The van der Waals surface area contributed by atoms with Gasteiger partial charge in [0.2, 0.25) is 0 Å². The molecule has 0 aliphatic carbocycles. The third-order valence-electron chi connectivity index (χ3n) is 4.86. The number of benzene rings is 3. The molecule has 0 saturated heterocycles. The average Bonchev–Trinajstić information content (AvgIpc) is 3.43. The lowest BCUT2D eigenvalue weighted by Gasteiger charge is -2.31. The Bertz CT molecular complexity index is 1110. The number of amidine groups is 1. The second-order valence-corrected chi connectivity index (χ2v) is 8.12. The van der Waals surface area contributed by atoms with Gasteiger partial charge in [-0.15, -0.1) is 11.3 Å². The molecule has 0 saturated carbocycles. The van der Waals surface area contributed by atoms with Crippen molar-refractivity contribution in [2.24, 2.45) is 5.10 Å². The molecule has 1 aliphatic heterocycles. The zero-order valence-electron chi connectivity index (χ0n) is 15.5. The fourth-order valence-corrected chi connectivity index (χ4v) is 4.47. The quantitative estimate of drug-likeness (QED) is 0.365. The van der Waals surface area contributed by atoms with Crippen molar-refractivity contribution < 1.29 is 0 Å². The van der Waals surface area contributed by atoms with E-state index in [1.807, 2.05) is 48.5 Å². The summed E-state index contributed by atoms with van der Waals surface area (Å²) >= 11 is 7.91. The fraction of sp³-hybridized carbons (Fsp3) is 0.0417. The maximum absolute atomic E-state index is 6.18. The Balaban J connectivity index is 1.71. The van der Waals surface area contributed by atoms with Crippen molar-refractivity contribution in [1.29, 1.82) is 0 Å². The normalized spacial score (nSPS) is 16.2. The van der Waals surface area contributed by atoms with Crippen molar-refractivity contribution >= 4 is 40.1 Å². The minimum absolute atomic E-state index is 0.0752. The highest BCUT2D eigenvalue weighted by Crippen LogP contribution is 2.41. The van der Waals surface area contributed by atoms with E-state index < -0.39 is 0 Å². The van der Waals surface area contributed by atoms with Gasteiger partial charge in [-0.2, -0.15) is 5.10 Å². The maximum Gasteiger partial charge on any atom is 0.164 e. The molecular formula is C24H18ClN3S. The molecule has 0 unspecified atom stereocenters. The van der Waals surface area contributed by atoms with Crippen molar-refractivity contribution in [3.63, 3.8) is 0 Å².